The molecular formula is C39H58N5O2+. The van der Waals surface area contributed by atoms with Crippen molar-refractivity contribution in [3.8, 4) is 11.5 Å². The molecule has 2 aromatic carbocycles. The summed E-state index contributed by atoms with van der Waals surface area (Å²) < 4.78 is 2.42. The molecule has 0 bridgehead atoms. The molecule has 1 saturated heterocycles. The molecule has 7 nitrogen and oxygen atoms in total. The van der Waals surface area contributed by atoms with E-state index in [2.05, 4.69) is 75.1 Å². The van der Waals surface area contributed by atoms with Gasteiger partial charge in [-0.1, -0.05) is 66.5 Å². The Morgan fingerprint density at radius 2 is 1.43 bits per heavy atom. The molecule has 2 aromatic rings. The average Bonchev–Trinajstić information content (AvgIpc) is 3.00. The molecule has 2 aliphatic heterocycles. The van der Waals surface area contributed by atoms with Crippen LogP contribution in [0.5, 0.6) is 11.5 Å². The number of phenols is 2. The Balaban J connectivity index is 1.33. The van der Waals surface area contributed by atoms with Crippen molar-refractivity contribution in [3.05, 3.63) is 58.1 Å². The van der Waals surface area contributed by atoms with Crippen molar-refractivity contribution >= 4 is 18.4 Å². The summed E-state index contributed by atoms with van der Waals surface area (Å²) in [6, 6.07) is 10.2. The minimum atomic E-state index is -0.0413. The van der Waals surface area contributed by atoms with E-state index in [-0.39, 0.29) is 28.7 Å². The highest BCUT2D eigenvalue weighted by Gasteiger charge is 2.34. The summed E-state index contributed by atoms with van der Waals surface area (Å²) in [4.78, 5) is 15.2. The maximum absolute atomic E-state index is 11.5. The van der Waals surface area contributed by atoms with Gasteiger partial charge in [0, 0.05) is 36.4 Å². The van der Waals surface area contributed by atoms with Crippen molar-refractivity contribution in [3.63, 3.8) is 0 Å². The van der Waals surface area contributed by atoms with Gasteiger partial charge >= 0.3 is 5.96 Å². The molecule has 0 spiro atoms. The van der Waals surface area contributed by atoms with Crippen LogP contribution in [0.2, 0.25) is 0 Å². The zero-order chi connectivity index (χ0) is 33.1. The highest BCUT2D eigenvalue weighted by Crippen LogP contribution is 2.33. The van der Waals surface area contributed by atoms with E-state index in [1.54, 1.807) is 6.07 Å². The molecule has 0 radical (unpaired) electrons. The predicted molar refractivity (Wildman–Crippen MR) is 192 cm³/mol. The number of hydrogen-bond acceptors (Lipinski definition) is 6. The van der Waals surface area contributed by atoms with E-state index in [1.807, 2.05) is 24.6 Å². The Hall–Kier alpha value is -3.35. The first-order valence-electron chi connectivity index (χ1n) is 17.7. The van der Waals surface area contributed by atoms with Crippen molar-refractivity contribution in [1.82, 2.24) is 9.80 Å². The van der Waals surface area contributed by atoms with E-state index in [0.717, 1.165) is 87.9 Å². The second-order valence-electron chi connectivity index (χ2n) is 15.8. The van der Waals surface area contributed by atoms with Crippen LogP contribution in [0, 0.1) is 0 Å². The predicted octanol–water partition coefficient (Wildman–Crippen LogP) is 6.88. The number of nitrogens with zero attached hydrogens (tertiary/aromatic N) is 5. The third kappa shape index (κ3) is 8.13. The molecule has 2 unspecified atom stereocenters. The van der Waals surface area contributed by atoms with Crippen LogP contribution >= 0.6 is 0 Å². The highest BCUT2D eigenvalue weighted by atomic mass is 16.3. The average molecular weight is 629 g/mol. The number of rotatable bonds is 8. The van der Waals surface area contributed by atoms with Crippen LogP contribution in [0.3, 0.4) is 0 Å². The van der Waals surface area contributed by atoms with E-state index in [1.165, 1.54) is 29.9 Å². The Morgan fingerprint density at radius 3 is 2.11 bits per heavy atom. The molecule has 0 amide bonds. The van der Waals surface area contributed by atoms with Crippen LogP contribution in [0.15, 0.2) is 40.3 Å². The fourth-order valence-electron chi connectivity index (χ4n) is 7.18. The molecule has 0 aromatic heterocycles. The summed E-state index contributed by atoms with van der Waals surface area (Å²) in [5.74, 6) is 2.00. The normalized spacial score (nSPS) is 21.5. The Morgan fingerprint density at radius 1 is 0.804 bits per heavy atom. The van der Waals surface area contributed by atoms with Crippen molar-refractivity contribution in [2.45, 2.75) is 116 Å². The monoisotopic (exact) mass is 628 g/mol. The minimum absolute atomic E-state index is 0.00375. The van der Waals surface area contributed by atoms with E-state index >= 15 is 0 Å². The zero-order valence-electron chi connectivity index (χ0n) is 29.5. The van der Waals surface area contributed by atoms with Crippen molar-refractivity contribution < 1.29 is 14.8 Å². The molecule has 46 heavy (non-hydrogen) atoms. The first-order valence-corrected chi connectivity index (χ1v) is 17.7. The van der Waals surface area contributed by atoms with Gasteiger partial charge in [0.2, 0.25) is 0 Å². The number of aromatic hydroxyl groups is 2. The first kappa shape index (κ1) is 34.0. The largest absolute Gasteiger partial charge is 0.507 e. The van der Waals surface area contributed by atoms with Crippen LogP contribution in [0.1, 0.15) is 114 Å². The van der Waals surface area contributed by atoms with Gasteiger partial charge in [-0.15, -0.1) is 0 Å². The molecule has 2 heterocycles. The summed E-state index contributed by atoms with van der Waals surface area (Å²) >= 11 is 0. The lowest BCUT2D eigenvalue weighted by atomic mass is 9.84. The Kier molecular flexibility index (Phi) is 10.5. The Labute approximate surface area is 277 Å². The fourth-order valence-corrected chi connectivity index (χ4v) is 7.18. The standard InChI is InChI=1S/C39H57N5O2/c1-38(2,3)31-16-17-35(45)29(24-31)26-40-33-14-8-9-15-34(33)41-27-30-25-32(39(4,5)6)23-28(36(30)46)13-10-19-43-21-12-22-44-20-11-18-42(7)37(43)44/h16-17,23-27,33-34H,8-15,18-22H2,1-7H3,(H-,40,41,45,46)/p+1. The lowest BCUT2D eigenvalue weighted by Gasteiger charge is -2.36. The molecule has 7 heteroatoms. The lowest BCUT2D eigenvalue weighted by Crippen LogP contribution is -2.57. The van der Waals surface area contributed by atoms with Gasteiger partial charge in [0.25, 0.3) is 0 Å². The summed E-state index contributed by atoms with van der Waals surface area (Å²) in [5.41, 5.74) is 4.92. The van der Waals surface area contributed by atoms with Crippen molar-refractivity contribution in [1.29, 1.82) is 0 Å². The van der Waals surface area contributed by atoms with Crippen LogP contribution in [0.25, 0.3) is 0 Å². The molecule has 1 saturated carbocycles. The van der Waals surface area contributed by atoms with E-state index in [4.69, 9.17) is 9.98 Å². The third-order valence-corrected chi connectivity index (χ3v) is 10.0. The number of benzene rings is 2. The number of aryl methyl sites for hydroxylation is 1. The number of hydrogen-bond donors (Lipinski definition) is 2. The lowest BCUT2D eigenvalue weighted by molar-refractivity contribution is -0.515. The van der Waals surface area contributed by atoms with Crippen LogP contribution in [-0.2, 0) is 17.3 Å². The molecule has 2 atom stereocenters. The van der Waals surface area contributed by atoms with Gasteiger partial charge < -0.3 is 10.2 Å². The third-order valence-electron chi connectivity index (χ3n) is 10.0. The highest BCUT2D eigenvalue weighted by molar-refractivity contribution is 5.85. The molecule has 2 N–H and O–H groups in total. The van der Waals surface area contributed by atoms with Gasteiger partial charge in [0.05, 0.1) is 51.9 Å². The molecular weight excluding hydrogens is 570 g/mol. The second-order valence-corrected chi connectivity index (χ2v) is 15.8. The fraction of sp³-hybridized carbons (Fsp3) is 0.615. The van der Waals surface area contributed by atoms with Gasteiger partial charge in [0.1, 0.15) is 11.5 Å². The summed E-state index contributed by atoms with van der Waals surface area (Å²) in [7, 11) is 2.22. The number of phenolic OH excluding ortho intramolecular Hbond substituents is 2. The van der Waals surface area contributed by atoms with E-state index in [0.29, 0.717) is 5.75 Å². The molecule has 1 aliphatic carbocycles. The van der Waals surface area contributed by atoms with Gasteiger partial charge in [-0.05, 0) is 71.4 Å². The summed E-state index contributed by atoms with van der Waals surface area (Å²) in [5, 5.41) is 22.1. The number of guanidine groups is 1. The smallest absolute Gasteiger partial charge is 0.350 e. The van der Waals surface area contributed by atoms with E-state index in [9.17, 15) is 10.2 Å². The van der Waals surface area contributed by atoms with Crippen molar-refractivity contribution in [2.24, 2.45) is 9.98 Å². The second kappa shape index (κ2) is 14.2. The minimum Gasteiger partial charge on any atom is -0.507 e. The topological polar surface area (TPSA) is 74.7 Å². The quantitative estimate of drug-likeness (QED) is 0.247. The van der Waals surface area contributed by atoms with Gasteiger partial charge in [-0.25, -0.2) is 0 Å². The maximum atomic E-state index is 11.5. The number of fused-ring (bicyclic) bond motifs is 1. The van der Waals surface area contributed by atoms with E-state index < -0.39 is 0 Å². The SMILES string of the molecule is C[N+]1=C2N(CCCc3cc(C(C)(C)C)cc(C=NC4CCCCC4N=Cc4cc(C(C)(C)C)ccc4O)c3O)CCCN2CCC1. The van der Waals surface area contributed by atoms with Crippen LogP contribution in [0.4, 0.5) is 0 Å². The first-order chi connectivity index (χ1) is 21.8. The van der Waals surface area contributed by atoms with Gasteiger partial charge in [-0.2, -0.15) is 0 Å². The molecule has 2 fully saturated rings. The maximum Gasteiger partial charge on any atom is 0.350 e. The summed E-state index contributed by atoms with van der Waals surface area (Å²) in [6.07, 6.45) is 12.2. The van der Waals surface area contributed by atoms with Crippen LogP contribution in [-0.4, -0.2) is 94.8 Å². The van der Waals surface area contributed by atoms with Crippen LogP contribution < -0.4 is 0 Å². The van der Waals surface area contributed by atoms with Crippen molar-refractivity contribution in [2.75, 3.05) is 39.8 Å². The summed E-state index contributed by atoms with van der Waals surface area (Å²) in [6.45, 7) is 18.8. The molecule has 5 rings (SSSR count). The van der Waals surface area contributed by atoms with Gasteiger partial charge in [0.15, 0.2) is 0 Å². The molecule has 250 valence electrons. The number of aliphatic imine (C=N–C) groups is 2. The molecule has 3 aliphatic rings. The Bertz CT molecular complexity index is 1460. The zero-order valence-corrected chi connectivity index (χ0v) is 29.5. The van der Waals surface area contributed by atoms with Gasteiger partial charge in [-0.3, -0.25) is 24.4 Å².